The van der Waals surface area contributed by atoms with Crippen LogP contribution in [-0.4, -0.2) is 50.2 Å². The molecule has 0 N–H and O–H groups in total. The average molecular weight is 407 g/mol. The van der Waals surface area contributed by atoms with Gasteiger partial charge in [0.25, 0.3) is 5.91 Å². The lowest BCUT2D eigenvalue weighted by atomic mass is 10.1. The minimum Gasteiger partial charge on any atom is -0.486 e. The minimum absolute atomic E-state index is 0.0451. The summed E-state index contributed by atoms with van der Waals surface area (Å²) in [4.78, 5) is 17.0. The molecular weight excluding hydrogens is 387 g/mol. The number of aryl methyl sites for hydroxylation is 1. The first-order valence-corrected chi connectivity index (χ1v) is 9.68. The third-order valence-corrected chi connectivity index (χ3v) is 5.44. The predicted molar refractivity (Wildman–Crippen MR) is 107 cm³/mol. The summed E-state index contributed by atoms with van der Waals surface area (Å²) in [5, 5.41) is 1.13. The summed E-state index contributed by atoms with van der Waals surface area (Å²) in [6, 6.07) is 9.27. The standard InChI is InChI=1S/C20H20Cl2N2O3/c1-13-2-3-15(21)12-17(13)23-4-6-24(7-5-23)20(25)14-10-16(22)19-18(11-14)26-8-9-27-19/h2-3,10-12H,4-9H2,1H3. The fourth-order valence-electron chi connectivity index (χ4n) is 3.49. The molecule has 2 aliphatic heterocycles. The molecule has 0 aromatic heterocycles. The molecule has 2 heterocycles. The second-order valence-corrected chi connectivity index (χ2v) is 7.54. The molecule has 0 aliphatic carbocycles. The van der Waals surface area contributed by atoms with E-state index in [2.05, 4.69) is 11.8 Å². The zero-order valence-electron chi connectivity index (χ0n) is 15.0. The van der Waals surface area contributed by atoms with E-state index < -0.39 is 0 Å². The number of carbonyl (C=O) groups excluding carboxylic acids is 1. The summed E-state index contributed by atoms with van der Waals surface area (Å²) in [5.74, 6) is 1.00. The number of benzene rings is 2. The Hall–Kier alpha value is -2.11. The largest absolute Gasteiger partial charge is 0.486 e. The lowest BCUT2D eigenvalue weighted by Crippen LogP contribution is -2.49. The number of ether oxygens (including phenoxy) is 2. The van der Waals surface area contributed by atoms with Crippen LogP contribution in [0.1, 0.15) is 15.9 Å². The van der Waals surface area contributed by atoms with Crippen LogP contribution in [0.3, 0.4) is 0 Å². The van der Waals surface area contributed by atoms with E-state index in [1.165, 1.54) is 5.56 Å². The Bertz CT molecular complexity index is 880. The van der Waals surface area contributed by atoms with Crippen LogP contribution >= 0.6 is 23.2 Å². The molecule has 1 amide bonds. The van der Waals surface area contributed by atoms with Gasteiger partial charge >= 0.3 is 0 Å². The summed E-state index contributed by atoms with van der Waals surface area (Å²) in [7, 11) is 0. The number of hydrogen-bond donors (Lipinski definition) is 0. The molecule has 5 nitrogen and oxygen atoms in total. The number of amides is 1. The number of hydrogen-bond acceptors (Lipinski definition) is 4. The maximum Gasteiger partial charge on any atom is 0.254 e. The molecule has 27 heavy (non-hydrogen) atoms. The van der Waals surface area contributed by atoms with Gasteiger partial charge in [0.1, 0.15) is 13.2 Å². The number of fused-ring (bicyclic) bond motifs is 1. The van der Waals surface area contributed by atoms with Gasteiger partial charge in [-0.1, -0.05) is 29.3 Å². The highest BCUT2D eigenvalue weighted by Gasteiger charge is 2.26. The van der Waals surface area contributed by atoms with E-state index in [1.807, 2.05) is 23.1 Å². The maximum atomic E-state index is 12.9. The highest BCUT2D eigenvalue weighted by Crippen LogP contribution is 2.38. The number of carbonyl (C=O) groups is 1. The number of nitrogens with zero attached hydrogens (tertiary/aromatic N) is 2. The first-order valence-electron chi connectivity index (χ1n) is 8.92. The molecule has 0 saturated carbocycles. The number of piperazine rings is 1. The minimum atomic E-state index is -0.0451. The number of halogens is 2. The summed E-state index contributed by atoms with van der Waals surface area (Å²) < 4.78 is 11.1. The van der Waals surface area contributed by atoms with E-state index in [9.17, 15) is 4.79 Å². The zero-order valence-corrected chi connectivity index (χ0v) is 16.5. The molecule has 142 valence electrons. The number of anilines is 1. The van der Waals surface area contributed by atoms with E-state index in [0.717, 1.165) is 23.8 Å². The van der Waals surface area contributed by atoms with Gasteiger partial charge in [-0.2, -0.15) is 0 Å². The van der Waals surface area contributed by atoms with E-state index in [4.69, 9.17) is 32.7 Å². The Balaban J connectivity index is 1.47. The van der Waals surface area contributed by atoms with Gasteiger partial charge < -0.3 is 19.3 Å². The molecular formula is C20H20Cl2N2O3. The summed E-state index contributed by atoms with van der Waals surface area (Å²) >= 11 is 12.4. The Morgan fingerprint density at radius 1 is 1.00 bits per heavy atom. The van der Waals surface area contributed by atoms with Gasteiger partial charge in [0, 0.05) is 42.5 Å². The van der Waals surface area contributed by atoms with Crippen molar-refractivity contribution in [3.05, 3.63) is 51.5 Å². The first-order chi connectivity index (χ1) is 13.0. The van der Waals surface area contributed by atoms with Crippen molar-refractivity contribution in [2.45, 2.75) is 6.92 Å². The zero-order chi connectivity index (χ0) is 19.0. The van der Waals surface area contributed by atoms with Crippen LogP contribution in [0.2, 0.25) is 10.0 Å². The second-order valence-electron chi connectivity index (χ2n) is 6.69. The Kier molecular flexibility index (Phi) is 5.06. The Morgan fingerprint density at radius 2 is 1.74 bits per heavy atom. The van der Waals surface area contributed by atoms with Gasteiger partial charge in [-0.15, -0.1) is 0 Å². The van der Waals surface area contributed by atoms with Crippen LogP contribution in [0.25, 0.3) is 0 Å². The van der Waals surface area contributed by atoms with Gasteiger partial charge in [0.2, 0.25) is 0 Å². The highest BCUT2D eigenvalue weighted by atomic mass is 35.5. The van der Waals surface area contributed by atoms with Crippen LogP contribution in [0.4, 0.5) is 5.69 Å². The van der Waals surface area contributed by atoms with E-state index in [-0.39, 0.29) is 5.91 Å². The van der Waals surface area contributed by atoms with E-state index in [1.54, 1.807) is 12.1 Å². The Labute approximate surface area is 168 Å². The third-order valence-electron chi connectivity index (χ3n) is 4.92. The Morgan fingerprint density at radius 3 is 2.52 bits per heavy atom. The molecule has 0 atom stereocenters. The van der Waals surface area contributed by atoms with Gasteiger partial charge in [0.05, 0.1) is 5.02 Å². The lowest BCUT2D eigenvalue weighted by Gasteiger charge is -2.37. The summed E-state index contributed by atoms with van der Waals surface area (Å²) in [5.41, 5.74) is 2.83. The highest BCUT2D eigenvalue weighted by molar-refractivity contribution is 6.32. The predicted octanol–water partition coefficient (Wildman–Crippen LogP) is 4.04. The van der Waals surface area contributed by atoms with Crippen molar-refractivity contribution < 1.29 is 14.3 Å². The second kappa shape index (κ2) is 7.49. The van der Waals surface area contributed by atoms with Crippen molar-refractivity contribution >= 4 is 34.8 Å². The molecule has 4 rings (SSSR count). The van der Waals surface area contributed by atoms with Crippen molar-refractivity contribution in [1.29, 1.82) is 0 Å². The van der Waals surface area contributed by atoms with Crippen LogP contribution in [-0.2, 0) is 0 Å². The average Bonchev–Trinajstić information content (AvgIpc) is 2.69. The molecule has 0 spiro atoms. The van der Waals surface area contributed by atoms with Crippen molar-refractivity contribution in [3.63, 3.8) is 0 Å². The number of rotatable bonds is 2. The smallest absolute Gasteiger partial charge is 0.254 e. The van der Waals surface area contributed by atoms with Gasteiger partial charge in [0.15, 0.2) is 11.5 Å². The molecule has 2 aromatic rings. The van der Waals surface area contributed by atoms with Crippen LogP contribution < -0.4 is 14.4 Å². The van der Waals surface area contributed by atoms with Crippen LogP contribution in [0, 0.1) is 6.92 Å². The van der Waals surface area contributed by atoms with Gasteiger partial charge in [-0.05, 0) is 36.8 Å². The lowest BCUT2D eigenvalue weighted by molar-refractivity contribution is 0.0745. The summed E-state index contributed by atoms with van der Waals surface area (Å²) in [6.45, 7) is 5.77. The SMILES string of the molecule is Cc1ccc(Cl)cc1N1CCN(C(=O)c2cc(Cl)c3c(c2)OCCO3)CC1. The normalized spacial score (nSPS) is 16.4. The summed E-state index contributed by atoms with van der Waals surface area (Å²) in [6.07, 6.45) is 0. The molecule has 1 fully saturated rings. The van der Waals surface area contributed by atoms with E-state index in [0.29, 0.717) is 48.4 Å². The monoisotopic (exact) mass is 406 g/mol. The molecule has 7 heteroatoms. The van der Waals surface area contributed by atoms with Crippen molar-refractivity contribution in [3.8, 4) is 11.5 Å². The molecule has 2 aliphatic rings. The van der Waals surface area contributed by atoms with Crippen molar-refractivity contribution in [2.75, 3.05) is 44.3 Å². The molecule has 2 aromatic carbocycles. The quantitative estimate of drug-likeness (QED) is 0.754. The molecule has 0 bridgehead atoms. The van der Waals surface area contributed by atoms with Crippen LogP contribution in [0.15, 0.2) is 30.3 Å². The van der Waals surface area contributed by atoms with Gasteiger partial charge in [-0.25, -0.2) is 0 Å². The fraction of sp³-hybridized carbons (Fsp3) is 0.350. The van der Waals surface area contributed by atoms with Gasteiger partial charge in [-0.3, -0.25) is 4.79 Å². The molecule has 0 radical (unpaired) electrons. The fourth-order valence-corrected chi connectivity index (χ4v) is 3.92. The van der Waals surface area contributed by atoms with Crippen LogP contribution in [0.5, 0.6) is 11.5 Å². The van der Waals surface area contributed by atoms with Crippen molar-refractivity contribution in [1.82, 2.24) is 4.90 Å². The topological polar surface area (TPSA) is 42.0 Å². The maximum absolute atomic E-state index is 12.9. The molecule has 1 saturated heterocycles. The first kappa shape index (κ1) is 18.3. The molecule has 0 unspecified atom stereocenters. The van der Waals surface area contributed by atoms with E-state index >= 15 is 0 Å². The third kappa shape index (κ3) is 3.66. The van der Waals surface area contributed by atoms with Crippen molar-refractivity contribution in [2.24, 2.45) is 0 Å².